The fraction of sp³-hybridized carbons (Fsp3) is 0.217. The van der Waals surface area contributed by atoms with Crippen molar-refractivity contribution in [2.24, 2.45) is 0 Å². The number of fused-ring (bicyclic) bond motifs is 1. The Kier molecular flexibility index (Phi) is 4.62. The summed E-state index contributed by atoms with van der Waals surface area (Å²) in [6, 6.07) is 9.10. The van der Waals surface area contributed by atoms with Crippen molar-refractivity contribution in [3.8, 4) is 11.5 Å². The van der Waals surface area contributed by atoms with Crippen molar-refractivity contribution in [3.05, 3.63) is 87.7 Å². The van der Waals surface area contributed by atoms with Gasteiger partial charge in [-0.25, -0.2) is 21.6 Å². The lowest BCUT2D eigenvalue weighted by Gasteiger charge is -2.37. The predicted octanol–water partition coefficient (Wildman–Crippen LogP) is 4.64. The molecule has 2 N–H and O–H groups in total. The van der Waals surface area contributed by atoms with Crippen LogP contribution in [0.4, 0.5) is 13.2 Å². The van der Waals surface area contributed by atoms with Crippen molar-refractivity contribution in [2.75, 3.05) is 0 Å². The molecule has 0 saturated heterocycles. The van der Waals surface area contributed by atoms with Gasteiger partial charge in [-0.05, 0) is 72.9 Å². The van der Waals surface area contributed by atoms with Crippen molar-refractivity contribution in [1.82, 2.24) is 0 Å². The van der Waals surface area contributed by atoms with E-state index in [1.165, 1.54) is 32.0 Å². The van der Waals surface area contributed by atoms with Crippen LogP contribution in [0.1, 0.15) is 34.7 Å². The second kappa shape index (κ2) is 6.75. The summed E-state index contributed by atoms with van der Waals surface area (Å²) in [7, 11) is -3.97. The zero-order valence-electron chi connectivity index (χ0n) is 16.9. The highest BCUT2D eigenvalue weighted by Gasteiger charge is 2.57. The van der Waals surface area contributed by atoms with E-state index >= 15 is 0 Å². The van der Waals surface area contributed by atoms with Gasteiger partial charge >= 0.3 is 0 Å². The van der Waals surface area contributed by atoms with E-state index < -0.39 is 49.5 Å². The lowest BCUT2D eigenvalue weighted by Crippen LogP contribution is -2.40. The molecule has 0 radical (unpaired) electrons. The van der Waals surface area contributed by atoms with Gasteiger partial charge in [-0.3, -0.25) is 0 Å². The molecule has 0 aromatic heterocycles. The number of sulfone groups is 1. The molecule has 0 amide bonds. The maximum atomic E-state index is 14.8. The van der Waals surface area contributed by atoms with Crippen LogP contribution in [0.3, 0.4) is 0 Å². The first-order valence-corrected chi connectivity index (χ1v) is 11.0. The largest absolute Gasteiger partial charge is 0.505 e. The summed E-state index contributed by atoms with van der Waals surface area (Å²) in [4.78, 5) is -0.0244. The minimum Gasteiger partial charge on any atom is -0.505 e. The third-order valence-electron chi connectivity index (χ3n) is 6.28. The Morgan fingerprint density at radius 2 is 1.52 bits per heavy atom. The van der Waals surface area contributed by atoms with E-state index in [0.29, 0.717) is 5.56 Å². The van der Waals surface area contributed by atoms with Gasteiger partial charge in [0.15, 0.2) is 38.8 Å². The van der Waals surface area contributed by atoms with E-state index in [1.54, 1.807) is 13.0 Å². The smallest absolute Gasteiger partial charge is 0.188 e. The van der Waals surface area contributed by atoms with Crippen LogP contribution in [0.15, 0.2) is 47.4 Å². The maximum absolute atomic E-state index is 14.8. The van der Waals surface area contributed by atoms with Crippen LogP contribution in [-0.2, 0) is 15.3 Å². The van der Waals surface area contributed by atoms with Crippen LogP contribution in [0.2, 0.25) is 0 Å². The number of rotatable bonds is 2. The zero-order valence-corrected chi connectivity index (χ0v) is 17.7. The SMILES string of the molecule is Cc1cc(O)c(F)cc1C1(c2cc(F)c(O)c(F)c2C)c2ccccc2S(=O)(=O)C1C. The van der Waals surface area contributed by atoms with Crippen molar-refractivity contribution in [2.45, 2.75) is 36.3 Å². The van der Waals surface area contributed by atoms with Gasteiger partial charge in [0.05, 0.1) is 15.6 Å². The van der Waals surface area contributed by atoms with Crippen molar-refractivity contribution < 1.29 is 31.8 Å². The van der Waals surface area contributed by atoms with E-state index in [4.69, 9.17) is 0 Å². The number of benzene rings is 3. The Labute approximate surface area is 177 Å². The standard InChI is InChI=1S/C23H19F3O4S/c1-11-8-19(27)17(24)9-15(11)23(16-10-18(25)22(28)21(26)12(16)2)13(3)31(29,30)20-7-5-4-6-14(20)23/h4-10,13,27-28H,1-3H3. The van der Waals surface area contributed by atoms with Crippen molar-refractivity contribution in [1.29, 1.82) is 0 Å². The predicted molar refractivity (Wildman–Crippen MR) is 109 cm³/mol. The molecule has 4 nitrogen and oxygen atoms in total. The summed E-state index contributed by atoms with van der Waals surface area (Å²) in [6.45, 7) is 4.26. The first kappa shape index (κ1) is 21.2. The molecule has 1 aliphatic rings. The lowest BCUT2D eigenvalue weighted by atomic mass is 9.65. The first-order chi connectivity index (χ1) is 14.5. The summed E-state index contributed by atoms with van der Waals surface area (Å²) in [6.07, 6.45) is 0. The molecule has 4 rings (SSSR count). The Balaban J connectivity index is 2.28. The van der Waals surface area contributed by atoms with Gasteiger partial charge in [0, 0.05) is 0 Å². The summed E-state index contributed by atoms with van der Waals surface area (Å²) in [5, 5.41) is 18.3. The van der Waals surface area contributed by atoms with Gasteiger partial charge in [-0.15, -0.1) is 0 Å². The number of hydrogen-bond donors (Lipinski definition) is 2. The van der Waals surface area contributed by atoms with Crippen molar-refractivity contribution in [3.63, 3.8) is 0 Å². The quantitative estimate of drug-likeness (QED) is 0.599. The third kappa shape index (κ3) is 2.64. The monoisotopic (exact) mass is 448 g/mol. The molecule has 0 aliphatic carbocycles. The summed E-state index contributed by atoms with van der Waals surface area (Å²) >= 11 is 0. The summed E-state index contributed by atoms with van der Waals surface area (Å²) in [5.41, 5.74) is -1.17. The highest BCUT2D eigenvalue weighted by molar-refractivity contribution is 7.92. The summed E-state index contributed by atoms with van der Waals surface area (Å²) in [5.74, 6) is -5.28. The minimum absolute atomic E-state index is 0.0244. The molecule has 0 spiro atoms. The van der Waals surface area contributed by atoms with Crippen LogP contribution >= 0.6 is 0 Å². The number of aryl methyl sites for hydroxylation is 1. The Morgan fingerprint density at radius 3 is 2.19 bits per heavy atom. The number of halogens is 3. The lowest BCUT2D eigenvalue weighted by molar-refractivity contribution is 0.390. The van der Waals surface area contributed by atoms with Crippen LogP contribution < -0.4 is 0 Å². The highest BCUT2D eigenvalue weighted by Crippen LogP contribution is 2.55. The third-order valence-corrected chi connectivity index (χ3v) is 8.53. The second-order valence-electron chi connectivity index (χ2n) is 7.80. The Bertz CT molecular complexity index is 1350. The van der Waals surface area contributed by atoms with Gasteiger partial charge < -0.3 is 10.2 Å². The molecule has 2 atom stereocenters. The molecule has 1 heterocycles. The molecule has 1 aliphatic heterocycles. The number of phenols is 2. The molecule has 162 valence electrons. The fourth-order valence-electron chi connectivity index (χ4n) is 4.76. The highest BCUT2D eigenvalue weighted by atomic mass is 32.2. The fourth-order valence-corrected chi connectivity index (χ4v) is 6.79. The maximum Gasteiger partial charge on any atom is 0.188 e. The van der Waals surface area contributed by atoms with Gasteiger partial charge in [-0.1, -0.05) is 18.2 Å². The van der Waals surface area contributed by atoms with Crippen LogP contribution in [0.25, 0.3) is 0 Å². The van der Waals surface area contributed by atoms with E-state index in [0.717, 1.165) is 18.2 Å². The normalized spacial score (nSPS) is 21.8. The van der Waals surface area contributed by atoms with Gasteiger partial charge in [0.1, 0.15) is 0 Å². The molecule has 3 aromatic carbocycles. The molecule has 8 heteroatoms. The zero-order chi connectivity index (χ0) is 22.9. The van der Waals surface area contributed by atoms with Crippen LogP contribution in [0.5, 0.6) is 11.5 Å². The van der Waals surface area contributed by atoms with Gasteiger partial charge in [0.2, 0.25) is 0 Å². The molecule has 2 unspecified atom stereocenters. The molecule has 0 fully saturated rings. The number of hydrogen-bond acceptors (Lipinski definition) is 4. The van der Waals surface area contributed by atoms with E-state index in [2.05, 4.69) is 0 Å². The van der Waals surface area contributed by atoms with Crippen LogP contribution in [0, 0.1) is 31.3 Å². The minimum atomic E-state index is -3.97. The van der Waals surface area contributed by atoms with Crippen molar-refractivity contribution >= 4 is 9.84 Å². The molecule has 3 aromatic rings. The number of aromatic hydroxyl groups is 2. The Hall–Kier alpha value is -3.00. The topological polar surface area (TPSA) is 74.6 Å². The number of phenolic OH excluding ortho intramolecular Hbond substituents is 2. The second-order valence-corrected chi connectivity index (χ2v) is 10.0. The molecule has 31 heavy (non-hydrogen) atoms. The molecular formula is C23H19F3O4S. The molecule has 0 bridgehead atoms. The molecular weight excluding hydrogens is 429 g/mol. The van der Waals surface area contributed by atoms with Gasteiger partial charge in [-0.2, -0.15) is 0 Å². The Morgan fingerprint density at radius 1 is 0.903 bits per heavy atom. The summed E-state index contributed by atoms with van der Waals surface area (Å²) < 4.78 is 70.6. The van der Waals surface area contributed by atoms with Crippen LogP contribution in [-0.4, -0.2) is 23.9 Å². The van der Waals surface area contributed by atoms with E-state index in [9.17, 15) is 31.8 Å². The van der Waals surface area contributed by atoms with Gasteiger partial charge in [0.25, 0.3) is 0 Å². The first-order valence-electron chi connectivity index (χ1n) is 9.46. The average Bonchev–Trinajstić information content (AvgIpc) is 2.90. The van der Waals surface area contributed by atoms with E-state index in [-0.39, 0.29) is 27.1 Å². The molecule has 0 saturated carbocycles. The average molecular weight is 448 g/mol. The van der Waals surface area contributed by atoms with E-state index in [1.807, 2.05) is 0 Å².